The second kappa shape index (κ2) is 7.24. The zero-order valence-corrected chi connectivity index (χ0v) is 12.0. The minimum atomic E-state index is -3.54. The number of aromatic nitrogens is 1. The molecule has 1 aromatic heterocycles. The Morgan fingerprint density at radius 2 is 2.21 bits per heavy atom. The number of hydrogen-bond donors (Lipinski definition) is 2. The summed E-state index contributed by atoms with van der Waals surface area (Å²) in [4.78, 5) is 4.02. The molecule has 0 aliphatic carbocycles. The van der Waals surface area contributed by atoms with Crippen LogP contribution in [0.1, 0.15) is 32.3 Å². The Bertz CT molecular complexity index is 573. The van der Waals surface area contributed by atoms with Crippen molar-refractivity contribution >= 4 is 10.0 Å². The first-order valence-corrected chi connectivity index (χ1v) is 7.64. The van der Waals surface area contributed by atoms with E-state index in [4.69, 9.17) is 5.73 Å². The van der Waals surface area contributed by atoms with Crippen LogP contribution in [-0.2, 0) is 10.0 Å². The van der Waals surface area contributed by atoms with Gasteiger partial charge in [0.25, 0.3) is 0 Å². The van der Waals surface area contributed by atoms with Gasteiger partial charge >= 0.3 is 0 Å². The number of pyridine rings is 1. The number of nitrogens with one attached hydrogen (secondary N) is 1. The largest absolute Gasteiger partial charge is 0.320 e. The first kappa shape index (κ1) is 15.6. The molecule has 0 bridgehead atoms. The molecule has 1 aromatic rings. The molecule has 1 heterocycles. The van der Waals surface area contributed by atoms with Crippen LogP contribution in [0.3, 0.4) is 0 Å². The van der Waals surface area contributed by atoms with E-state index in [2.05, 4.69) is 21.5 Å². The molecule has 1 rings (SSSR count). The van der Waals surface area contributed by atoms with Crippen molar-refractivity contribution in [3.8, 4) is 11.8 Å². The predicted octanol–water partition coefficient (Wildman–Crippen LogP) is 0.859. The van der Waals surface area contributed by atoms with Crippen LogP contribution < -0.4 is 10.5 Å². The van der Waals surface area contributed by atoms with Gasteiger partial charge < -0.3 is 5.73 Å². The maximum atomic E-state index is 12.1. The van der Waals surface area contributed by atoms with E-state index in [0.717, 1.165) is 12.8 Å². The molecule has 5 nitrogen and oxygen atoms in total. The van der Waals surface area contributed by atoms with E-state index < -0.39 is 10.0 Å². The van der Waals surface area contributed by atoms with Gasteiger partial charge in [-0.15, -0.1) is 0 Å². The summed E-state index contributed by atoms with van der Waals surface area (Å²) < 4.78 is 26.9. The van der Waals surface area contributed by atoms with Gasteiger partial charge in [-0.2, -0.15) is 0 Å². The monoisotopic (exact) mass is 281 g/mol. The molecule has 3 N–H and O–H groups in total. The lowest BCUT2D eigenvalue weighted by Gasteiger charge is -2.13. The molecule has 1 unspecified atom stereocenters. The molecule has 0 aliphatic rings. The van der Waals surface area contributed by atoms with E-state index in [1.165, 1.54) is 18.5 Å². The molecule has 0 fully saturated rings. The highest BCUT2D eigenvalue weighted by Gasteiger charge is 2.17. The van der Waals surface area contributed by atoms with Crippen molar-refractivity contribution in [2.24, 2.45) is 5.73 Å². The smallest absolute Gasteiger partial charge is 0.242 e. The van der Waals surface area contributed by atoms with Gasteiger partial charge in [0.15, 0.2) is 0 Å². The van der Waals surface area contributed by atoms with E-state index in [9.17, 15) is 8.42 Å². The Balaban J connectivity index is 2.95. The maximum absolute atomic E-state index is 12.1. The van der Waals surface area contributed by atoms with Gasteiger partial charge in [-0.3, -0.25) is 4.98 Å². The molecule has 0 saturated heterocycles. The summed E-state index contributed by atoms with van der Waals surface area (Å²) in [5.74, 6) is 5.43. The Kier molecular flexibility index (Phi) is 5.96. The zero-order chi connectivity index (χ0) is 14.3. The fourth-order valence-corrected chi connectivity index (χ4v) is 2.88. The fraction of sp³-hybridized carbons (Fsp3) is 0.462. The number of sulfonamides is 1. The Labute approximate surface area is 114 Å². The van der Waals surface area contributed by atoms with Crippen LogP contribution in [0.25, 0.3) is 0 Å². The maximum Gasteiger partial charge on any atom is 0.242 e. The second-order valence-corrected chi connectivity index (χ2v) is 5.94. The summed E-state index contributed by atoms with van der Waals surface area (Å²) in [6.45, 7) is 4.07. The van der Waals surface area contributed by atoms with E-state index in [-0.39, 0.29) is 17.5 Å². The van der Waals surface area contributed by atoms with E-state index in [1.807, 2.05) is 13.8 Å². The minimum absolute atomic E-state index is 0.103. The lowest BCUT2D eigenvalue weighted by atomic mass is 10.2. The molecule has 0 radical (unpaired) electrons. The van der Waals surface area contributed by atoms with Crippen LogP contribution >= 0.6 is 0 Å². The lowest BCUT2D eigenvalue weighted by molar-refractivity contribution is 0.543. The molecule has 0 aromatic carbocycles. The van der Waals surface area contributed by atoms with E-state index >= 15 is 0 Å². The quantitative estimate of drug-likeness (QED) is 0.784. The molecule has 0 saturated carbocycles. The van der Waals surface area contributed by atoms with Gasteiger partial charge in [0.1, 0.15) is 4.90 Å². The second-order valence-electron chi connectivity index (χ2n) is 4.23. The molecule has 0 amide bonds. The predicted molar refractivity (Wildman–Crippen MR) is 74.9 cm³/mol. The van der Waals surface area contributed by atoms with Gasteiger partial charge in [0.05, 0.1) is 6.54 Å². The Morgan fingerprint density at radius 1 is 1.47 bits per heavy atom. The van der Waals surface area contributed by atoms with Crippen molar-refractivity contribution in [1.29, 1.82) is 0 Å². The summed E-state index contributed by atoms with van der Waals surface area (Å²) >= 11 is 0. The summed E-state index contributed by atoms with van der Waals surface area (Å²) in [5, 5.41) is 0. The Hall–Kier alpha value is -1.42. The summed E-state index contributed by atoms with van der Waals surface area (Å²) in [5.41, 5.74) is 5.81. The third-order valence-corrected chi connectivity index (χ3v) is 3.99. The summed E-state index contributed by atoms with van der Waals surface area (Å²) in [6.07, 6.45) is 4.54. The van der Waals surface area contributed by atoms with Gasteiger partial charge in [-0.05, 0) is 19.4 Å². The highest BCUT2D eigenvalue weighted by atomic mass is 32.2. The van der Waals surface area contributed by atoms with Gasteiger partial charge in [-0.25, -0.2) is 13.1 Å². The standard InChI is InChI=1S/C13H19N3O2S/c1-3-5-11(2)16-19(17,18)13-8-12(6-4-7-14)9-15-10-13/h8-11,16H,3,5,7,14H2,1-2H3. The highest BCUT2D eigenvalue weighted by Crippen LogP contribution is 2.10. The molecule has 104 valence electrons. The van der Waals surface area contributed by atoms with Crippen molar-refractivity contribution in [2.75, 3.05) is 6.54 Å². The van der Waals surface area contributed by atoms with Crippen molar-refractivity contribution in [2.45, 2.75) is 37.6 Å². The molecular formula is C13H19N3O2S. The normalized spacial score (nSPS) is 12.6. The first-order chi connectivity index (χ1) is 8.99. The first-order valence-electron chi connectivity index (χ1n) is 6.16. The van der Waals surface area contributed by atoms with Crippen LogP contribution in [0, 0.1) is 11.8 Å². The summed E-state index contributed by atoms with van der Waals surface area (Å²) in [7, 11) is -3.54. The average Bonchev–Trinajstić information content (AvgIpc) is 2.36. The molecule has 19 heavy (non-hydrogen) atoms. The highest BCUT2D eigenvalue weighted by molar-refractivity contribution is 7.89. The van der Waals surface area contributed by atoms with Crippen molar-refractivity contribution in [1.82, 2.24) is 9.71 Å². The number of rotatable bonds is 5. The van der Waals surface area contributed by atoms with Crippen molar-refractivity contribution in [3.05, 3.63) is 24.0 Å². The third-order valence-electron chi connectivity index (χ3n) is 2.44. The van der Waals surface area contributed by atoms with Crippen LogP contribution in [-0.4, -0.2) is 26.0 Å². The van der Waals surface area contributed by atoms with Crippen LogP contribution in [0.2, 0.25) is 0 Å². The number of nitrogens with zero attached hydrogens (tertiary/aromatic N) is 1. The van der Waals surface area contributed by atoms with Gasteiger partial charge in [0.2, 0.25) is 10.0 Å². The van der Waals surface area contributed by atoms with Crippen LogP contribution in [0.4, 0.5) is 0 Å². The van der Waals surface area contributed by atoms with Crippen molar-refractivity contribution in [3.63, 3.8) is 0 Å². The van der Waals surface area contributed by atoms with Crippen LogP contribution in [0.15, 0.2) is 23.4 Å². The molecule has 1 atom stereocenters. The molecule has 0 aliphatic heterocycles. The van der Waals surface area contributed by atoms with Crippen LogP contribution in [0.5, 0.6) is 0 Å². The topological polar surface area (TPSA) is 85.1 Å². The van der Waals surface area contributed by atoms with Gasteiger partial charge in [-0.1, -0.05) is 25.2 Å². The van der Waals surface area contributed by atoms with Crippen molar-refractivity contribution < 1.29 is 8.42 Å². The average molecular weight is 281 g/mol. The summed E-state index contributed by atoms with van der Waals surface area (Å²) in [6, 6.07) is 1.39. The lowest BCUT2D eigenvalue weighted by Crippen LogP contribution is -2.32. The molecular weight excluding hydrogens is 262 g/mol. The SMILES string of the molecule is CCCC(C)NS(=O)(=O)c1cncc(C#CCN)c1. The third kappa shape index (κ3) is 4.99. The van der Waals surface area contributed by atoms with E-state index in [1.54, 1.807) is 0 Å². The number of hydrogen-bond acceptors (Lipinski definition) is 4. The van der Waals surface area contributed by atoms with E-state index in [0.29, 0.717) is 5.56 Å². The zero-order valence-electron chi connectivity index (χ0n) is 11.2. The molecule has 0 spiro atoms. The Morgan fingerprint density at radius 3 is 2.84 bits per heavy atom. The molecule has 6 heteroatoms. The number of nitrogens with two attached hydrogens (primary N) is 1. The fourth-order valence-electron chi connectivity index (χ4n) is 1.61. The minimum Gasteiger partial charge on any atom is -0.320 e. The van der Waals surface area contributed by atoms with Gasteiger partial charge in [0, 0.05) is 24.0 Å².